The molecule has 1 aromatic carbocycles. The number of amides is 2. The molecule has 1 aliphatic rings. The maximum absolute atomic E-state index is 13.1. The minimum absolute atomic E-state index is 0.126. The molecule has 0 spiro atoms. The summed E-state index contributed by atoms with van der Waals surface area (Å²) in [5.74, 6) is 0.374. The Labute approximate surface area is 172 Å². The van der Waals surface area contributed by atoms with Gasteiger partial charge in [0.25, 0.3) is 11.8 Å². The van der Waals surface area contributed by atoms with Gasteiger partial charge in [-0.15, -0.1) is 0 Å². The number of hydrogen-bond acceptors (Lipinski definition) is 6. The second-order valence-corrected chi connectivity index (χ2v) is 7.48. The smallest absolute Gasteiger partial charge is 0.291 e. The molecule has 2 aromatic heterocycles. The molecule has 7 nitrogen and oxygen atoms in total. The van der Waals surface area contributed by atoms with Gasteiger partial charge in [-0.3, -0.25) is 14.6 Å². The van der Waals surface area contributed by atoms with E-state index in [2.05, 4.69) is 9.97 Å². The number of benzene rings is 1. The summed E-state index contributed by atoms with van der Waals surface area (Å²) in [6, 6.07) is 14.7. The maximum atomic E-state index is 13.1. The zero-order chi connectivity index (χ0) is 20.2. The third-order valence-electron chi connectivity index (χ3n) is 4.65. The number of hydrazine groups is 1. The van der Waals surface area contributed by atoms with Crippen LogP contribution in [0.15, 0.2) is 59.8 Å². The van der Waals surface area contributed by atoms with Crippen molar-refractivity contribution in [1.29, 1.82) is 0 Å². The summed E-state index contributed by atoms with van der Waals surface area (Å²) >= 11 is 1.36. The van der Waals surface area contributed by atoms with Crippen molar-refractivity contribution < 1.29 is 14.3 Å². The molecule has 8 heteroatoms. The van der Waals surface area contributed by atoms with Crippen molar-refractivity contribution in [3.05, 3.63) is 60.4 Å². The number of nitrogens with zero attached hydrogens (tertiary/aromatic N) is 4. The van der Waals surface area contributed by atoms with Crippen LogP contribution in [0.1, 0.15) is 16.9 Å². The van der Waals surface area contributed by atoms with Crippen LogP contribution >= 0.6 is 11.8 Å². The van der Waals surface area contributed by atoms with Gasteiger partial charge in [-0.1, -0.05) is 30.0 Å². The monoisotopic (exact) mass is 408 g/mol. The third-order valence-corrected chi connectivity index (χ3v) is 5.58. The first-order valence-corrected chi connectivity index (χ1v) is 10.3. The molecular weight excluding hydrogens is 388 g/mol. The summed E-state index contributed by atoms with van der Waals surface area (Å²) < 4.78 is 5.44. The van der Waals surface area contributed by atoms with Crippen molar-refractivity contribution in [3.63, 3.8) is 0 Å². The molecule has 0 atom stereocenters. The number of para-hydroxylation sites is 1. The topological polar surface area (TPSA) is 75.6 Å². The molecule has 0 bridgehead atoms. The van der Waals surface area contributed by atoms with Crippen molar-refractivity contribution in [3.8, 4) is 5.75 Å². The predicted octanol–water partition coefficient (Wildman–Crippen LogP) is 3.02. The average Bonchev–Trinajstić information content (AvgIpc) is 3.27. The molecule has 0 saturated carbocycles. The fraction of sp³-hybridized carbons (Fsp3) is 0.238. The second kappa shape index (κ2) is 8.48. The number of aromatic nitrogens is 2. The molecule has 0 N–H and O–H groups in total. The Balaban J connectivity index is 1.53. The minimum Gasteiger partial charge on any atom is -0.496 e. The number of carbonyl (C=O) groups is 2. The minimum atomic E-state index is -0.303. The van der Waals surface area contributed by atoms with Gasteiger partial charge in [0.1, 0.15) is 11.4 Å². The SMILES string of the molecule is COc1cc(C(=O)N2CCCN2C(=O)CSc2ccccn2)nc2ccccc12. The zero-order valence-electron chi connectivity index (χ0n) is 15.9. The van der Waals surface area contributed by atoms with E-state index in [0.717, 1.165) is 16.8 Å². The highest BCUT2D eigenvalue weighted by molar-refractivity contribution is 7.99. The molecule has 0 aliphatic carbocycles. The molecule has 3 heterocycles. The van der Waals surface area contributed by atoms with Gasteiger partial charge < -0.3 is 4.74 Å². The van der Waals surface area contributed by atoms with Gasteiger partial charge in [-0.2, -0.15) is 0 Å². The van der Waals surface area contributed by atoms with Crippen LogP contribution in [-0.4, -0.2) is 57.8 Å². The van der Waals surface area contributed by atoms with Gasteiger partial charge >= 0.3 is 0 Å². The first kappa shape index (κ1) is 19.2. The summed E-state index contributed by atoms with van der Waals surface area (Å²) in [4.78, 5) is 34.6. The molecule has 2 amide bonds. The van der Waals surface area contributed by atoms with Crippen molar-refractivity contribution >= 4 is 34.5 Å². The van der Waals surface area contributed by atoms with Crippen LogP contribution in [0.4, 0.5) is 0 Å². The highest BCUT2D eigenvalue weighted by atomic mass is 32.2. The fourth-order valence-electron chi connectivity index (χ4n) is 3.28. The molecular formula is C21H20N4O3S. The van der Waals surface area contributed by atoms with E-state index in [0.29, 0.717) is 24.4 Å². The van der Waals surface area contributed by atoms with Crippen molar-refractivity contribution in [1.82, 2.24) is 20.0 Å². The van der Waals surface area contributed by atoms with E-state index in [1.807, 2.05) is 42.5 Å². The number of rotatable bonds is 5. The van der Waals surface area contributed by atoms with Gasteiger partial charge in [0.2, 0.25) is 0 Å². The van der Waals surface area contributed by atoms with E-state index >= 15 is 0 Å². The lowest BCUT2D eigenvalue weighted by atomic mass is 10.1. The summed E-state index contributed by atoms with van der Waals surface area (Å²) in [6.45, 7) is 0.994. The van der Waals surface area contributed by atoms with E-state index in [1.165, 1.54) is 21.8 Å². The van der Waals surface area contributed by atoms with E-state index in [9.17, 15) is 9.59 Å². The van der Waals surface area contributed by atoms with Crippen molar-refractivity contribution in [2.75, 3.05) is 26.0 Å². The van der Waals surface area contributed by atoms with Gasteiger partial charge in [0.05, 0.1) is 23.4 Å². The second-order valence-electron chi connectivity index (χ2n) is 6.48. The Kier molecular flexibility index (Phi) is 5.62. The Bertz CT molecular complexity index is 1040. The molecule has 0 radical (unpaired) electrons. The van der Waals surface area contributed by atoms with Crippen molar-refractivity contribution in [2.45, 2.75) is 11.4 Å². The Morgan fingerprint density at radius 1 is 1.10 bits per heavy atom. The first-order chi connectivity index (χ1) is 14.2. The van der Waals surface area contributed by atoms with Crippen LogP contribution in [0, 0.1) is 0 Å². The van der Waals surface area contributed by atoms with Gasteiger partial charge in [0.15, 0.2) is 0 Å². The highest BCUT2D eigenvalue weighted by Gasteiger charge is 2.32. The van der Waals surface area contributed by atoms with E-state index in [4.69, 9.17) is 4.74 Å². The zero-order valence-corrected chi connectivity index (χ0v) is 16.8. The quantitative estimate of drug-likeness (QED) is 0.604. The van der Waals surface area contributed by atoms with Gasteiger partial charge in [-0.05, 0) is 30.7 Å². The highest BCUT2D eigenvalue weighted by Crippen LogP contribution is 2.26. The first-order valence-electron chi connectivity index (χ1n) is 9.27. The number of fused-ring (bicyclic) bond motifs is 1. The fourth-order valence-corrected chi connectivity index (χ4v) is 4.01. The molecule has 1 fully saturated rings. The molecule has 3 aromatic rings. The Morgan fingerprint density at radius 3 is 2.69 bits per heavy atom. The molecule has 1 aliphatic heterocycles. The summed E-state index contributed by atoms with van der Waals surface area (Å²) in [7, 11) is 1.57. The van der Waals surface area contributed by atoms with Crippen LogP contribution in [0.3, 0.4) is 0 Å². The predicted molar refractivity (Wildman–Crippen MR) is 111 cm³/mol. The van der Waals surface area contributed by atoms with E-state index < -0.39 is 0 Å². The molecule has 148 valence electrons. The lowest BCUT2D eigenvalue weighted by Gasteiger charge is -2.27. The normalized spacial score (nSPS) is 13.7. The Hall–Kier alpha value is -3.13. The van der Waals surface area contributed by atoms with E-state index in [1.54, 1.807) is 19.4 Å². The maximum Gasteiger partial charge on any atom is 0.291 e. The van der Waals surface area contributed by atoms with Crippen LogP contribution in [0.2, 0.25) is 0 Å². The van der Waals surface area contributed by atoms with Crippen LogP contribution < -0.4 is 4.74 Å². The molecule has 29 heavy (non-hydrogen) atoms. The standard InChI is InChI=1S/C21H20N4O3S/c1-28-18-13-17(23-16-8-3-2-7-15(16)18)21(27)25-12-6-11-24(25)20(26)14-29-19-9-4-5-10-22-19/h2-5,7-10,13H,6,11-12,14H2,1H3. The third kappa shape index (κ3) is 4.02. The lowest BCUT2D eigenvalue weighted by Crippen LogP contribution is -2.45. The van der Waals surface area contributed by atoms with Gasteiger partial charge in [0, 0.05) is 30.7 Å². The Morgan fingerprint density at radius 2 is 1.90 bits per heavy atom. The molecule has 4 rings (SSSR count). The summed E-state index contributed by atoms with van der Waals surface area (Å²) in [5, 5.41) is 4.62. The summed E-state index contributed by atoms with van der Waals surface area (Å²) in [6.07, 6.45) is 2.42. The lowest BCUT2D eigenvalue weighted by molar-refractivity contribution is -0.137. The van der Waals surface area contributed by atoms with Crippen LogP contribution in [0.5, 0.6) is 5.75 Å². The average molecular weight is 408 g/mol. The van der Waals surface area contributed by atoms with E-state index in [-0.39, 0.29) is 23.3 Å². The largest absolute Gasteiger partial charge is 0.496 e. The van der Waals surface area contributed by atoms with Gasteiger partial charge in [-0.25, -0.2) is 15.0 Å². The number of pyridine rings is 2. The number of ether oxygens (including phenoxy) is 1. The molecule has 1 saturated heterocycles. The van der Waals surface area contributed by atoms with Crippen LogP contribution in [0.25, 0.3) is 10.9 Å². The number of methoxy groups -OCH3 is 1. The number of thioether (sulfide) groups is 1. The van der Waals surface area contributed by atoms with Crippen molar-refractivity contribution in [2.24, 2.45) is 0 Å². The number of hydrogen-bond donors (Lipinski definition) is 0. The van der Waals surface area contributed by atoms with Crippen LogP contribution in [-0.2, 0) is 4.79 Å². The summed E-state index contributed by atoms with van der Waals surface area (Å²) in [5.41, 5.74) is 0.940. The number of carbonyl (C=O) groups excluding carboxylic acids is 2. The molecule has 0 unspecified atom stereocenters.